The number of benzene rings is 2. The molecular weight excluding hydrogens is 352 g/mol. The molecule has 0 amide bonds. The predicted molar refractivity (Wildman–Crippen MR) is 113 cm³/mol. The van der Waals surface area contributed by atoms with Gasteiger partial charge in [0, 0.05) is 36.6 Å². The number of hydrogen-bond acceptors (Lipinski definition) is 6. The van der Waals surface area contributed by atoms with E-state index in [4.69, 9.17) is 14.5 Å². The van der Waals surface area contributed by atoms with E-state index in [0.29, 0.717) is 17.4 Å². The van der Waals surface area contributed by atoms with Crippen molar-refractivity contribution >= 4 is 17.5 Å². The third-order valence-electron chi connectivity index (χ3n) is 4.38. The summed E-state index contributed by atoms with van der Waals surface area (Å²) in [5.41, 5.74) is 3.00. The number of aromatic nitrogens is 2. The molecule has 0 fully saturated rings. The van der Waals surface area contributed by atoms with Crippen molar-refractivity contribution in [2.24, 2.45) is 0 Å². The summed E-state index contributed by atoms with van der Waals surface area (Å²) in [7, 11) is 3.24. The Morgan fingerprint density at radius 1 is 0.929 bits per heavy atom. The van der Waals surface area contributed by atoms with Crippen molar-refractivity contribution in [1.29, 1.82) is 0 Å². The molecule has 0 aliphatic rings. The molecule has 0 saturated heterocycles. The fourth-order valence-electron chi connectivity index (χ4n) is 2.95. The van der Waals surface area contributed by atoms with E-state index >= 15 is 0 Å². The van der Waals surface area contributed by atoms with E-state index < -0.39 is 0 Å². The van der Waals surface area contributed by atoms with E-state index in [-0.39, 0.29) is 0 Å². The minimum atomic E-state index is 0.665. The van der Waals surface area contributed by atoms with Gasteiger partial charge in [0.2, 0.25) is 5.95 Å². The Morgan fingerprint density at radius 2 is 1.68 bits per heavy atom. The zero-order valence-electron chi connectivity index (χ0n) is 16.8. The van der Waals surface area contributed by atoms with Gasteiger partial charge in [-0.1, -0.05) is 30.3 Å². The lowest BCUT2D eigenvalue weighted by molar-refractivity contribution is 0.355. The lowest BCUT2D eigenvalue weighted by Crippen LogP contribution is -2.24. The molecule has 0 radical (unpaired) electrons. The maximum absolute atomic E-state index is 5.38. The van der Waals surface area contributed by atoms with Crippen LogP contribution in [0, 0.1) is 6.92 Å². The molecule has 146 valence electrons. The second-order valence-corrected chi connectivity index (χ2v) is 6.39. The smallest absolute Gasteiger partial charge is 0.227 e. The van der Waals surface area contributed by atoms with Crippen LogP contribution in [0.15, 0.2) is 54.6 Å². The molecule has 1 aromatic heterocycles. The minimum Gasteiger partial charge on any atom is -0.493 e. The van der Waals surface area contributed by atoms with Gasteiger partial charge in [0.15, 0.2) is 11.5 Å². The molecule has 2 aromatic carbocycles. The van der Waals surface area contributed by atoms with Gasteiger partial charge < -0.3 is 19.7 Å². The number of nitrogens with one attached hydrogen (secondary N) is 1. The van der Waals surface area contributed by atoms with E-state index in [1.165, 1.54) is 5.56 Å². The molecule has 28 heavy (non-hydrogen) atoms. The van der Waals surface area contributed by atoms with Crippen LogP contribution in [-0.2, 0) is 6.54 Å². The van der Waals surface area contributed by atoms with Gasteiger partial charge in [-0.2, -0.15) is 4.98 Å². The number of nitrogens with zero attached hydrogens (tertiary/aromatic N) is 3. The first kappa shape index (κ1) is 19.5. The Kier molecular flexibility index (Phi) is 6.32. The highest BCUT2D eigenvalue weighted by Crippen LogP contribution is 2.31. The Balaban J connectivity index is 1.84. The first-order valence-electron chi connectivity index (χ1n) is 9.26. The van der Waals surface area contributed by atoms with Crippen molar-refractivity contribution < 1.29 is 9.47 Å². The SMILES string of the molecule is CCN(Cc1ccccc1)c1nc(C)cc(Nc2ccc(OC)c(OC)c2)n1. The highest BCUT2D eigenvalue weighted by molar-refractivity contribution is 5.62. The van der Waals surface area contributed by atoms with Crippen LogP contribution < -0.4 is 19.7 Å². The molecule has 6 heteroatoms. The van der Waals surface area contributed by atoms with E-state index in [9.17, 15) is 0 Å². The average Bonchev–Trinajstić information content (AvgIpc) is 2.72. The molecular formula is C22H26N4O2. The molecule has 0 spiro atoms. The second-order valence-electron chi connectivity index (χ2n) is 6.39. The molecule has 0 atom stereocenters. The molecule has 0 bridgehead atoms. The molecule has 6 nitrogen and oxygen atoms in total. The Hall–Kier alpha value is -3.28. The molecule has 3 rings (SSSR count). The van der Waals surface area contributed by atoms with Gasteiger partial charge in [0.1, 0.15) is 5.82 Å². The monoisotopic (exact) mass is 378 g/mol. The number of methoxy groups -OCH3 is 2. The van der Waals surface area contributed by atoms with E-state index in [2.05, 4.69) is 34.3 Å². The Morgan fingerprint density at radius 3 is 2.36 bits per heavy atom. The molecule has 0 unspecified atom stereocenters. The van der Waals surface area contributed by atoms with Crippen LogP contribution in [-0.4, -0.2) is 30.7 Å². The van der Waals surface area contributed by atoms with Gasteiger partial charge >= 0.3 is 0 Å². The van der Waals surface area contributed by atoms with Crippen LogP contribution in [0.2, 0.25) is 0 Å². The summed E-state index contributed by atoms with van der Waals surface area (Å²) < 4.78 is 10.7. The quantitative estimate of drug-likeness (QED) is 0.619. The molecule has 1 heterocycles. The first-order chi connectivity index (χ1) is 13.6. The minimum absolute atomic E-state index is 0.665. The molecule has 0 aliphatic carbocycles. The van der Waals surface area contributed by atoms with Crippen molar-refractivity contribution in [2.75, 3.05) is 31.0 Å². The standard InChI is InChI=1S/C22H26N4O2/c1-5-26(15-17-9-7-6-8-10-17)22-23-16(2)13-21(25-22)24-18-11-12-19(27-3)20(14-18)28-4/h6-14H,5,15H2,1-4H3,(H,23,24,25). The van der Waals surface area contributed by atoms with Gasteiger partial charge in [-0.3, -0.25) is 0 Å². The third kappa shape index (κ3) is 4.71. The van der Waals surface area contributed by atoms with Crippen molar-refractivity contribution in [1.82, 2.24) is 9.97 Å². The average molecular weight is 378 g/mol. The largest absolute Gasteiger partial charge is 0.493 e. The van der Waals surface area contributed by atoms with Gasteiger partial charge in [-0.25, -0.2) is 4.98 Å². The highest BCUT2D eigenvalue weighted by atomic mass is 16.5. The summed E-state index contributed by atoms with van der Waals surface area (Å²) >= 11 is 0. The summed E-state index contributed by atoms with van der Waals surface area (Å²) in [6.45, 7) is 5.65. The normalized spacial score (nSPS) is 10.4. The number of aryl methyl sites for hydroxylation is 1. The Bertz CT molecular complexity index is 916. The zero-order valence-corrected chi connectivity index (χ0v) is 16.8. The Labute approximate surface area is 166 Å². The van der Waals surface area contributed by atoms with Gasteiger partial charge in [-0.05, 0) is 31.5 Å². The van der Waals surface area contributed by atoms with Crippen molar-refractivity contribution in [3.8, 4) is 11.5 Å². The molecule has 0 saturated carbocycles. The summed E-state index contributed by atoms with van der Waals surface area (Å²) in [6.07, 6.45) is 0. The topological polar surface area (TPSA) is 59.5 Å². The first-order valence-corrected chi connectivity index (χ1v) is 9.26. The van der Waals surface area contributed by atoms with Gasteiger partial charge in [0.25, 0.3) is 0 Å². The number of ether oxygens (including phenoxy) is 2. The molecule has 1 N–H and O–H groups in total. The summed E-state index contributed by atoms with van der Waals surface area (Å²) in [5.74, 6) is 2.79. The van der Waals surface area contributed by atoms with Crippen LogP contribution in [0.5, 0.6) is 11.5 Å². The van der Waals surface area contributed by atoms with Gasteiger partial charge in [0.05, 0.1) is 14.2 Å². The lowest BCUT2D eigenvalue weighted by Gasteiger charge is -2.22. The summed E-state index contributed by atoms with van der Waals surface area (Å²) in [4.78, 5) is 11.5. The van der Waals surface area contributed by atoms with Crippen LogP contribution in [0.4, 0.5) is 17.5 Å². The predicted octanol–water partition coefficient (Wildman–Crippen LogP) is 4.57. The number of hydrogen-bond donors (Lipinski definition) is 1. The van der Waals surface area contributed by atoms with E-state index in [0.717, 1.165) is 30.3 Å². The fraction of sp³-hybridized carbons (Fsp3) is 0.273. The zero-order chi connectivity index (χ0) is 19.9. The van der Waals surface area contributed by atoms with Crippen LogP contribution in [0.25, 0.3) is 0 Å². The lowest BCUT2D eigenvalue weighted by atomic mass is 10.2. The number of anilines is 3. The van der Waals surface area contributed by atoms with Crippen molar-refractivity contribution in [3.05, 3.63) is 65.9 Å². The van der Waals surface area contributed by atoms with E-state index in [1.54, 1.807) is 14.2 Å². The fourth-order valence-corrected chi connectivity index (χ4v) is 2.95. The second kappa shape index (κ2) is 9.08. The summed E-state index contributed by atoms with van der Waals surface area (Å²) in [6, 6.07) is 17.9. The van der Waals surface area contributed by atoms with E-state index in [1.807, 2.05) is 49.4 Å². The maximum atomic E-state index is 5.38. The third-order valence-corrected chi connectivity index (χ3v) is 4.38. The van der Waals surface area contributed by atoms with Gasteiger partial charge in [-0.15, -0.1) is 0 Å². The number of rotatable bonds is 8. The maximum Gasteiger partial charge on any atom is 0.227 e. The van der Waals surface area contributed by atoms with Crippen LogP contribution >= 0.6 is 0 Å². The van der Waals surface area contributed by atoms with Crippen molar-refractivity contribution in [3.63, 3.8) is 0 Å². The van der Waals surface area contributed by atoms with Crippen LogP contribution in [0.3, 0.4) is 0 Å². The molecule has 3 aromatic rings. The van der Waals surface area contributed by atoms with Crippen LogP contribution in [0.1, 0.15) is 18.2 Å². The van der Waals surface area contributed by atoms with Crippen molar-refractivity contribution in [2.45, 2.75) is 20.4 Å². The highest BCUT2D eigenvalue weighted by Gasteiger charge is 2.12. The summed E-state index contributed by atoms with van der Waals surface area (Å²) in [5, 5.41) is 3.34. The molecule has 0 aliphatic heterocycles.